The molecule has 14 heavy (non-hydrogen) atoms. The molecule has 1 aromatic carbocycles. The van der Waals surface area contributed by atoms with E-state index in [0.29, 0.717) is 6.61 Å². The minimum absolute atomic E-state index is 0.623. The largest absolute Gasteiger partial charge is 0.491 e. The Hall–Kier alpha value is 1.42. The lowest BCUT2D eigenvalue weighted by Crippen LogP contribution is -1.95. The van der Waals surface area contributed by atoms with Crippen molar-refractivity contribution in [3.63, 3.8) is 0 Å². The van der Waals surface area contributed by atoms with Gasteiger partial charge in [0.25, 0.3) is 0 Å². The summed E-state index contributed by atoms with van der Waals surface area (Å²) < 4.78 is 10.1. The zero-order chi connectivity index (χ0) is 10.9. The highest BCUT2D eigenvalue weighted by atomic mass is 79.9. The van der Waals surface area contributed by atoms with Crippen LogP contribution < -0.4 is 4.74 Å². The van der Waals surface area contributed by atoms with Crippen LogP contribution in [0, 0.1) is 0 Å². The summed E-state index contributed by atoms with van der Waals surface area (Å²) in [4.78, 5) is 0. The summed E-state index contributed by atoms with van der Waals surface area (Å²) in [5, 5.41) is 0. The maximum absolute atomic E-state index is 5.51. The second-order valence-electron chi connectivity index (χ2n) is 2.33. The molecule has 0 saturated heterocycles. The minimum atomic E-state index is 0.623. The monoisotopic (exact) mass is 512 g/mol. The number of ether oxygens (including phenoxy) is 1. The lowest BCUT2D eigenvalue weighted by Gasteiger charge is -2.13. The van der Waals surface area contributed by atoms with E-state index in [1.54, 1.807) is 0 Å². The molecular formula is C8H5Br5O. The van der Waals surface area contributed by atoms with Gasteiger partial charge in [0.2, 0.25) is 0 Å². The second-order valence-corrected chi connectivity index (χ2v) is 6.30. The summed E-state index contributed by atoms with van der Waals surface area (Å²) in [6.07, 6.45) is 0. The fourth-order valence-electron chi connectivity index (χ4n) is 0.856. The van der Waals surface area contributed by atoms with Crippen molar-refractivity contribution >= 4 is 79.6 Å². The van der Waals surface area contributed by atoms with Crippen LogP contribution in [0.25, 0.3) is 0 Å². The molecule has 0 amide bonds. The van der Waals surface area contributed by atoms with Crippen LogP contribution in [0.15, 0.2) is 22.4 Å². The van der Waals surface area contributed by atoms with Crippen molar-refractivity contribution in [3.8, 4) is 5.75 Å². The molecular weight excluding hydrogens is 512 g/mol. The molecule has 78 valence electrons. The van der Waals surface area contributed by atoms with Gasteiger partial charge in [-0.15, -0.1) is 0 Å². The van der Waals surface area contributed by atoms with Crippen LogP contribution in [-0.2, 0) is 0 Å². The Kier molecular flexibility index (Phi) is 5.45. The van der Waals surface area contributed by atoms with Gasteiger partial charge in [0, 0.05) is 4.47 Å². The Morgan fingerprint density at radius 1 is 0.786 bits per heavy atom. The summed E-state index contributed by atoms with van der Waals surface area (Å²) >= 11 is 17.3. The lowest BCUT2D eigenvalue weighted by atomic mass is 10.3. The molecule has 1 nitrogen and oxygen atoms in total. The predicted octanol–water partition coefficient (Wildman–Crippen LogP) is 5.90. The van der Waals surface area contributed by atoms with E-state index in [4.69, 9.17) is 4.74 Å². The van der Waals surface area contributed by atoms with Gasteiger partial charge < -0.3 is 4.74 Å². The third kappa shape index (κ3) is 2.56. The molecule has 0 aromatic heterocycles. The number of halogens is 5. The van der Waals surface area contributed by atoms with Gasteiger partial charge in [0.15, 0.2) is 0 Å². The summed E-state index contributed by atoms with van der Waals surface area (Å²) in [6.45, 7) is 2.57. The first-order valence-electron chi connectivity index (χ1n) is 3.64. The lowest BCUT2D eigenvalue weighted by molar-refractivity contribution is 0.335. The first kappa shape index (κ1) is 13.5. The molecule has 0 aliphatic carbocycles. The first-order valence-corrected chi connectivity index (χ1v) is 7.61. The van der Waals surface area contributed by atoms with Crippen LogP contribution in [0.5, 0.6) is 5.75 Å². The molecule has 0 bridgehead atoms. The van der Waals surface area contributed by atoms with Crippen LogP contribution in [0.1, 0.15) is 6.92 Å². The van der Waals surface area contributed by atoms with Crippen molar-refractivity contribution in [1.29, 1.82) is 0 Å². The molecule has 0 N–H and O–H groups in total. The summed E-state index contributed by atoms with van der Waals surface area (Å²) in [7, 11) is 0. The third-order valence-corrected chi connectivity index (χ3v) is 7.48. The van der Waals surface area contributed by atoms with Crippen LogP contribution in [0.3, 0.4) is 0 Å². The number of rotatable bonds is 2. The predicted molar refractivity (Wildman–Crippen MR) is 76.1 cm³/mol. The SMILES string of the molecule is CCOc1c(Br)c(Br)c(Br)c(Br)c1Br. The molecule has 0 aliphatic heterocycles. The van der Waals surface area contributed by atoms with Crippen LogP contribution in [0.2, 0.25) is 0 Å². The molecule has 0 heterocycles. The van der Waals surface area contributed by atoms with E-state index in [9.17, 15) is 0 Å². The van der Waals surface area contributed by atoms with Crippen molar-refractivity contribution in [1.82, 2.24) is 0 Å². The number of hydrogen-bond donors (Lipinski definition) is 0. The summed E-state index contributed by atoms with van der Waals surface area (Å²) in [5.74, 6) is 0.787. The van der Waals surface area contributed by atoms with E-state index in [2.05, 4.69) is 79.6 Å². The highest BCUT2D eigenvalue weighted by molar-refractivity contribution is 9.15. The van der Waals surface area contributed by atoms with Gasteiger partial charge in [-0.25, -0.2) is 0 Å². The second kappa shape index (κ2) is 5.66. The molecule has 1 rings (SSSR count). The highest BCUT2D eigenvalue weighted by Gasteiger charge is 2.18. The fraction of sp³-hybridized carbons (Fsp3) is 0.250. The maximum atomic E-state index is 5.51. The van der Waals surface area contributed by atoms with Gasteiger partial charge in [0.1, 0.15) is 5.75 Å². The smallest absolute Gasteiger partial charge is 0.149 e. The van der Waals surface area contributed by atoms with E-state index in [1.165, 1.54) is 0 Å². The topological polar surface area (TPSA) is 9.23 Å². The fourth-order valence-corrected chi connectivity index (χ4v) is 4.10. The van der Waals surface area contributed by atoms with Crippen molar-refractivity contribution in [3.05, 3.63) is 22.4 Å². The van der Waals surface area contributed by atoms with Crippen LogP contribution >= 0.6 is 79.6 Å². The van der Waals surface area contributed by atoms with Gasteiger partial charge >= 0.3 is 0 Å². The Balaban J connectivity index is 3.43. The third-order valence-electron chi connectivity index (χ3n) is 1.46. The van der Waals surface area contributed by atoms with Gasteiger partial charge in [-0.2, -0.15) is 0 Å². The van der Waals surface area contributed by atoms with Crippen molar-refractivity contribution in [2.75, 3.05) is 6.61 Å². The van der Waals surface area contributed by atoms with E-state index in [0.717, 1.165) is 28.1 Å². The van der Waals surface area contributed by atoms with Gasteiger partial charge in [-0.1, -0.05) is 0 Å². The molecule has 6 heteroatoms. The Morgan fingerprint density at radius 2 is 1.14 bits per heavy atom. The normalized spacial score (nSPS) is 10.4. The van der Waals surface area contributed by atoms with Crippen LogP contribution in [0.4, 0.5) is 0 Å². The summed E-state index contributed by atoms with van der Waals surface area (Å²) in [6, 6.07) is 0. The van der Waals surface area contributed by atoms with Crippen molar-refractivity contribution in [2.24, 2.45) is 0 Å². The molecule has 0 aliphatic rings. The van der Waals surface area contributed by atoms with Crippen molar-refractivity contribution in [2.45, 2.75) is 6.92 Å². The Morgan fingerprint density at radius 3 is 1.50 bits per heavy atom. The minimum Gasteiger partial charge on any atom is -0.491 e. The standard InChI is InChI=1S/C8H5Br5O/c1-2-14-8-6(12)4(10)3(9)5(11)7(8)13/h2H2,1H3. The maximum Gasteiger partial charge on any atom is 0.149 e. The molecule has 0 unspecified atom stereocenters. The molecule has 1 aromatic rings. The first-order chi connectivity index (χ1) is 6.50. The van der Waals surface area contributed by atoms with E-state index in [-0.39, 0.29) is 0 Å². The highest BCUT2D eigenvalue weighted by Crippen LogP contribution is 2.48. The number of benzene rings is 1. The molecule has 0 fully saturated rings. The molecule has 0 radical (unpaired) electrons. The van der Waals surface area contributed by atoms with Gasteiger partial charge in [-0.05, 0) is 86.6 Å². The van der Waals surface area contributed by atoms with E-state index < -0.39 is 0 Å². The van der Waals surface area contributed by atoms with Crippen molar-refractivity contribution < 1.29 is 4.74 Å². The Bertz CT molecular complexity index is 334. The molecule has 0 saturated carbocycles. The van der Waals surface area contributed by atoms with Gasteiger partial charge in [-0.3, -0.25) is 0 Å². The summed E-state index contributed by atoms with van der Waals surface area (Å²) in [5.41, 5.74) is 0. The zero-order valence-corrected chi connectivity index (χ0v) is 14.9. The quantitative estimate of drug-likeness (QED) is 0.352. The molecule has 0 spiro atoms. The van der Waals surface area contributed by atoms with Gasteiger partial charge in [0.05, 0.1) is 24.5 Å². The van der Waals surface area contributed by atoms with Crippen LogP contribution in [-0.4, -0.2) is 6.61 Å². The van der Waals surface area contributed by atoms with E-state index >= 15 is 0 Å². The Labute approximate surface area is 125 Å². The average molecular weight is 517 g/mol. The molecule has 0 atom stereocenters. The zero-order valence-electron chi connectivity index (χ0n) is 7.01. The van der Waals surface area contributed by atoms with E-state index in [1.807, 2.05) is 6.92 Å². The number of hydrogen-bond acceptors (Lipinski definition) is 1. The average Bonchev–Trinajstić information content (AvgIpc) is 2.19.